The molecule has 1 aliphatic heterocycles. The molecule has 1 atom stereocenters. The molecule has 0 N–H and O–H groups in total. The minimum atomic E-state index is -1.46. The Morgan fingerprint density at radius 1 is 1.28 bits per heavy atom. The van der Waals surface area contributed by atoms with Crippen LogP contribution in [0.15, 0.2) is 22.7 Å². The summed E-state index contributed by atoms with van der Waals surface area (Å²) < 4.78 is 0.653. The summed E-state index contributed by atoms with van der Waals surface area (Å²) in [5.74, 6) is -2.67. The van der Waals surface area contributed by atoms with E-state index in [1.807, 2.05) is 0 Å². The van der Waals surface area contributed by atoms with Gasteiger partial charge in [0, 0.05) is 4.47 Å². The van der Waals surface area contributed by atoms with Crippen LogP contribution >= 0.6 is 15.9 Å². The minimum Gasteiger partial charge on any atom is -0.548 e. The largest absolute Gasteiger partial charge is 1.00 e. The van der Waals surface area contributed by atoms with E-state index in [4.69, 9.17) is 0 Å². The molecular weight excluding hydrogens is 329 g/mol. The molecule has 0 saturated carbocycles. The molecule has 5 nitrogen and oxygen atoms in total. The van der Waals surface area contributed by atoms with Crippen molar-refractivity contribution in [1.29, 1.82) is 0 Å². The van der Waals surface area contributed by atoms with Crippen LogP contribution in [0.4, 0.5) is 0 Å². The Hall–Kier alpha value is -0.0536. The Labute approximate surface area is 154 Å². The number of hydrogen-bond acceptors (Lipinski definition) is 4. The number of carbonyl (C=O) groups excluding carboxylic acids is 3. The van der Waals surface area contributed by atoms with Crippen molar-refractivity contribution in [3.05, 3.63) is 33.8 Å². The van der Waals surface area contributed by atoms with Crippen LogP contribution in [-0.2, 0) is 4.79 Å². The molecule has 7 heteroatoms. The predicted octanol–water partition coefficient (Wildman–Crippen LogP) is -2.81. The number of carbonyl (C=O) groups is 3. The summed E-state index contributed by atoms with van der Waals surface area (Å²) in [7, 11) is 0. The predicted molar refractivity (Wildman–Crippen MR) is 59.1 cm³/mol. The average Bonchev–Trinajstić information content (AvgIpc) is 2.50. The first-order chi connectivity index (χ1) is 7.93. The van der Waals surface area contributed by atoms with E-state index in [2.05, 4.69) is 15.9 Å². The number of fused-ring (bicyclic) bond motifs is 1. The molecule has 0 fully saturated rings. The maximum atomic E-state index is 11.9. The molecule has 0 spiro atoms. The van der Waals surface area contributed by atoms with Crippen molar-refractivity contribution in [2.75, 3.05) is 0 Å². The van der Waals surface area contributed by atoms with Crippen molar-refractivity contribution in [2.24, 2.45) is 0 Å². The van der Waals surface area contributed by atoms with E-state index >= 15 is 0 Å². The second-order valence-corrected chi connectivity index (χ2v) is 4.58. The van der Waals surface area contributed by atoms with Gasteiger partial charge in [-0.15, -0.1) is 0 Å². The van der Waals surface area contributed by atoms with E-state index < -0.39 is 23.8 Å². The van der Waals surface area contributed by atoms with E-state index in [1.54, 1.807) is 6.07 Å². The summed E-state index contributed by atoms with van der Waals surface area (Å²) in [4.78, 5) is 35.2. The number of benzene rings is 1. The SMILES string of the molecule is CC(C(=O)[O-])N1C(=O)c2ccc(Br)cc2C1=O.[K+]. The number of hydrogen-bond donors (Lipinski definition) is 0. The zero-order valence-electron chi connectivity index (χ0n) is 9.77. The summed E-state index contributed by atoms with van der Waals surface area (Å²) in [5.41, 5.74) is 0.420. The molecule has 1 aromatic carbocycles. The van der Waals surface area contributed by atoms with Gasteiger partial charge in [0.2, 0.25) is 0 Å². The van der Waals surface area contributed by atoms with Crippen LogP contribution in [-0.4, -0.2) is 28.7 Å². The molecule has 18 heavy (non-hydrogen) atoms. The minimum absolute atomic E-state index is 0. The van der Waals surface area contributed by atoms with Gasteiger partial charge in [-0.2, -0.15) is 0 Å². The van der Waals surface area contributed by atoms with E-state index in [0.717, 1.165) is 0 Å². The molecular formula is C11H7BrKNO4. The van der Waals surface area contributed by atoms with E-state index in [9.17, 15) is 19.5 Å². The number of carboxylic acid groups (broad SMARTS) is 1. The maximum Gasteiger partial charge on any atom is 1.00 e. The number of aliphatic carboxylic acids is 1. The Kier molecular flexibility index (Phi) is 5.28. The Bertz CT molecular complexity index is 546. The first-order valence-electron chi connectivity index (χ1n) is 4.81. The second-order valence-electron chi connectivity index (χ2n) is 3.67. The fraction of sp³-hybridized carbons (Fsp3) is 0.182. The Morgan fingerprint density at radius 2 is 1.83 bits per heavy atom. The molecule has 1 aromatic rings. The summed E-state index contributed by atoms with van der Waals surface area (Å²) in [5, 5.41) is 10.7. The normalized spacial score (nSPS) is 15.1. The van der Waals surface area contributed by atoms with Gasteiger partial charge in [-0.1, -0.05) is 15.9 Å². The van der Waals surface area contributed by atoms with Crippen LogP contribution in [0.25, 0.3) is 0 Å². The molecule has 0 aromatic heterocycles. The van der Waals surface area contributed by atoms with Gasteiger partial charge in [-0.3, -0.25) is 14.5 Å². The van der Waals surface area contributed by atoms with Gasteiger partial charge in [0.05, 0.1) is 23.1 Å². The van der Waals surface area contributed by atoms with Crippen molar-refractivity contribution in [3.63, 3.8) is 0 Å². The third-order valence-corrected chi connectivity index (χ3v) is 3.10. The third kappa shape index (κ3) is 2.61. The molecule has 0 saturated heterocycles. The maximum absolute atomic E-state index is 11.9. The van der Waals surface area contributed by atoms with Gasteiger partial charge < -0.3 is 9.90 Å². The number of carboxylic acids is 1. The fourth-order valence-electron chi connectivity index (χ4n) is 1.69. The van der Waals surface area contributed by atoms with Crippen LogP contribution in [0.1, 0.15) is 27.6 Å². The number of imide groups is 1. The number of nitrogens with zero attached hydrogens (tertiary/aromatic N) is 1. The van der Waals surface area contributed by atoms with E-state index in [0.29, 0.717) is 9.37 Å². The number of halogens is 1. The molecule has 88 valence electrons. The molecule has 2 rings (SSSR count). The third-order valence-electron chi connectivity index (χ3n) is 2.61. The zero-order valence-corrected chi connectivity index (χ0v) is 14.5. The molecule has 0 bridgehead atoms. The Morgan fingerprint density at radius 3 is 2.39 bits per heavy atom. The monoisotopic (exact) mass is 335 g/mol. The number of amides is 2. The average molecular weight is 336 g/mol. The topological polar surface area (TPSA) is 77.5 Å². The van der Waals surface area contributed by atoms with Crippen molar-refractivity contribution in [2.45, 2.75) is 13.0 Å². The summed E-state index contributed by atoms with van der Waals surface area (Å²) in [6, 6.07) is 3.33. The smallest absolute Gasteiger partial charge is 0.548 e. The standard InChI is InChI=1S/C11H8BrNO4.K/c1-5(11(16)17)13-9(14)7-3-2-6(12)4-8(7)10(13)15;/h2-5H,1H3,(H,16,17);/q;+1/p-1. The van der Waals surface area contributed by atoms with Crippen LogP contribution in [0, 0.1) is 0 Å². The number of rotatable bonds is 2. The molecule has 1 heterocycles. The first kappa shape index (κ1) is 16.0. The van der Waals surface area contributed by atoms with Crippen molar-refractivity contribution in [3.8, 4) is 0 Å². The van der Waals surface area contributed by atoms with Crippen molar-refractivity contribution >= 4 is 33.7 Å². The Balaban J connectivity index is 0.00000162. The first-order valence-corrected chi connectivity index (χ1v) is 5.61. The van der Waals surface area contributed by atoms with E-state index in [-0.39, 0.29) is 62.5 Å². The van der Waals surface area contributed by atoms with Gasteiger partial charge in [0.1, 0.15) is 0 Å². The van der Waals surface area contributed by atoms with Gasteiger partial charge >= 0.3 is 51.4 Å². The molecule has 2 amide bonds. The van der Waals surface area contributed by atoms with Crippen LogP contribution < -0.4 is 56.5 Å². The summed E-state index contributed by atoms with van der Waals surface area (Å²) in [6.07, 6.45) is 0. The van der Waals surface area contributed by atoms with E-state index in [1.165, 1.54) is 19.1 Å². The summed E-state index contributed by atoms with van der Waals surface area (Å²) >= 11 is 3.19. The second kappa shape index (κ2) is 5.93. The molecule has 0 aliphatic carbocycles. The zero-order chi connectivity index (χ0) is 12.7. The van der Waals surface area contributed by atoms with Gasteiger partial charge in [-0.25, -0.2) is 0 Å². The van der Waals surface area contributed by atoms with Gasteiger partial charge in [0.15, 0.2) is 0 Å². The molecule has 1 unspecified atom stereocenters. The van der Waals surface area contributed by atoms with Crippen LogP contribution in [0.5, 0.6) is 0 Å². The van der Waals surface area contributed by atoms with Crippen LogP contribution in [0.3, 0.4) is 0 Å². The van der Waals surface area contributed by atoms with Crippen molar-refractivity contribution < 1.29 is 70.9 Å². The fourth-order valence-corrected chi connectivity index (χ4v) is 2.05. The van der Waals surface area contributed by atoms with Crippen molar-refractivity contribution in [1.82, 2.24) is 4.90 Å². The van der Waals surface area contributed by atoms with Crippen LogP contribution in [0.2, 0.25) is 0 Å². The van der Waals surface area contributed by atoms with Gasteiger partial charge in [-0.05, 0) is 25.1 Å². The molecule has 0 radical (unpaired) electrons. The molecule has 1 aliphatic rings. The van der Waals surface area contributed by atoms with Gasteiger partial charge in [0.25, 0.3) is 11.8 Å². The summed E-state index contributed by atoms with van der Waals surface area (Å²) in [6.45, 7) is 1.24. The quantitative estimate of drug-likeness (QED) is 0.431.